The largest absolute Gasteiger partial charge is 0.475 e. The standard InChI is InChI=1S/C14H19NO5/c1-9-2-3-10(19-9)5-7-13(16)15-8-11-4-6-12(20-11)14(17)18/h4,6,9-10H,2-3,5,7-8H2,1H3,(H,15,16)(H,17,18)/t9-,10-/m0/s1. The topological polar surface area (TPSA) is 88.8 Å². The van der Waals surface area contributed by atoms with E-state index in [1.165, 1.54) is 6.07 Å². The van der Waals surface area contributed by atoms with E-state index in [1.807, 2.05) is 6.92 Å². The molecule has 2 atom stereocenters. The number of nitrogens with one attached hydrogen (secondary N) is 1. The number of carbonyl (C=O) groups is 2. The van der Waals surface area contributed by atoms with Crippen LogP contribution in [0, 0.1) is 0 Å². The summed E-state index contributed by atoms with van der Waals surface area (Å²) in [6.07, 6.45) is 3.66. The molecule has 1 amide bonds. The Morgan fingerprint density at radius 2 is 2.20 bits per heavy atom. The minimum Gasteiger partial charge on any atom is -0.475 e. The van der Waals surface area contributed by atoms with E-state index in [2.05, 4.69) is 5.32 Å². The quantitative estimate of drug-likeness (QED) is 0.831. The normalized spacial score (nSPS) is 21.9. The van der Waals surface area contributed by atoms with Crippen molar-refractivity contribution < 1.29 is 23.8 Å². The lowest BCUT2D eigenvalue weighted by atomic mass is 10.1. The summed E-state index contributed by atoms with van der Waals surface area (Å²) in [5.41, 5.74) is 0. The van der Waals surface area contributed by atoms with Crippen molar-refractivity contribution in [2.75, 3.05) is 0 Å². The average molecular weight is 281 g/mol. The highest BCUT2D eigenvalue weighted by Crippen LogP contribution is 2.22. The molecule has 1 aromatic heterocycles. The smallest absolute Gasteiger partial charge is 0.371 e. The molecule has 0 spiro atoms. The summed E-state index contributed by atoms with van der Waals surface area (Å²) in [6, 6.07) is 2.92. The van der Waals surface area contributed by atoms with E-state index in [-0.39, 0.29) is 24.3 Å². The zero-order chi connectivity index (χ0) is 14.5. The Morgan fingerprint density at radius 1 is 1.40 bits per heavy atom. The summed E-state index contributed by atoms with van der Waals surface area (Å²) >= 11 is 0. The summed E-state index contributed by atoms with van der Waals surface area (Å²) in [5, 5.41) is 11.4. The Bertz CT molecular complexity index is 482. The second kappa shape index (κ2) is 6.56. The van der Waals surface area contributed by atoms with Gasteiger partial charge in [-0.25, -0.2) is 4.79 Å². The summed E-state index contributed by atoms with van der Waals surface area (Å²) in [5.74, 6) is -0.888. The Balaban J connectivity index is 1.68. The summed E-state index contributed by atoms with van der Waals surface area (Å²) in [6.45, 7) is 2.24. The molecule has 20 heavy (non-hydrogen) atoms. The second-order valence-electron chi connectivity index (χ2n) is 5.03. The van der Waals surface area contributed by atoms with Crippen LogP contribution in [0.4, 0.5) is 0 Å². The second-order valence-corrected chi connectivity index (χ2v) is 5.03. The molecule has 2 N–H and O–H groups in total. The number of hydrogen-bond donors (Lipinski definition) is 2. The van der Waals surface area contributed by atoms with E-state index < -0.39 is 5.97 Å². The lowest BCUT2D eigenvalue weighted by molar-refractivity contribution is -0.122. The molecule has 1 aliphatic heterocycles. The van der Waals surface area contributed by atoms with Crippen LogP contribution in [0.3, 0.4) is 0 Å². The van der Waals surface area contributed by atoms with Gasteiger partial charge in [0.2, 0.25) is 11.7 Å². The van der Waals surface area contributed by atoms with Crippen LogP contribution in [0.2, 0.25) is 0 Å². The third-order valence-corrected chi connectivity index (χ3v) is 3.35. The summed E-state index contributed by atoms with van der Waals surface area (Å²) < 4.78 is 10.7. The van der Waals surface area contributed by atoms with Gasteiger partial charge in [-0.15, -0.1) is 0 Å². The van der Waals surface area contributed by atoms with Gasteiger partial charge in [-0.05, 0) is 38.3 Å². The van der Waals surface area contributed by atoms with Crippen LogP contribution in [0.1, 0.15) is 48.9 Å². The van der Waals surface area contributed by atoms with Crippen LogP contribution in [-0.4, -0.2) is 29.2 Å². The monoisotopic (exact) mass is 281 g/mol. The van der Waals surface area contributed by atoms with Crippen molar-refractivity contribution in [1.82, 2.24) is 5.32 Å². The highest BCUT2D eigenvalue weighted by molar-refractivity contribution is 5.84. The van der Waals surface area contributed by atoms with Gasteiger partial charge in [0.05, 0.1) is 18.8 Å². The molecule has 110 valence electrons. The fourth-order valence-corrected chi connectivity index (χ4v) is 2.25. The van der Waals surface area contributed by atoms with Crippen molar-refractivity contribution >= 4 is 11.9 Å². The van der Waals surface area contributed by atoms with E-state index in [0.29, 0.717) is 24.7 Å². The first-order chi connectivity index (χ1) is 9.54. The van der Waals surface area contributed by atoms with Crippen molar-refractivity contribution in [1.29, 1.82) is 0 Å². The molecule has 2 heterocycles. The van der Waals surface area contributed by atoms with E-state index >= 15 is 0 Å². The molecule has 6 heteroatoms. The molecular weight excluding hydrogens is 262 g/mol. The number of carbonyl (C=O) groups excluding carboxylic acids is 1. The maximum atomic E-state index is 11.7. The number of furan rings is 1. The van der Waals surface area contributed by atoms with E-state index in [1.54, 1.807) is 6.07 Å². The molecular formula is C14H19NO5. The molecule has 0 saturated carbocycles. The molecule has 0 bridgehead atoms. The third-order valence-electron chi connectivity index (χ3n) is 3.35. The lowest BCUT2D eigenvalue weighted by Crippen LogP contribution is -2.23. The number of carboxylic acid groups (broad SMARTS) is 1. The van der Waals surface area contributed by atoms with Gasteiger partial charge in [0.15, 0.2) is 0 Å². The summed E-state index contributed by atoms with van der Waals surface area (Å²) in [7, 11) is 0. The van der Waals surface area contributed by atoms with Gasteiger partial charge in [0.1, 0.15) is 5.76 Å². The Labute approximate surface area is 117 Å². The van der Waals surface area contributed by atoms with Crippen LogP contribution in [0.25, 0.3) is 0 Å². The van der Waals surface area contributed by atoms with Crippen LogP contribution in [-0.2, 0) is 16.1 Å². The predicted molar refractivity (Wildman–Crippen MR) is 70.3 cm³/mol. The fraction of sp³-hybridized carbons (Fsp3) is 0.571. The van der Waals surface area contributed by atoms with Gasteiger partial charge >= 0.3 is 5.97 Å². The molecule has 0 aliphatic carbocycles. The highest BCUT2D eigenvalue weighted by atomic mass is 16.5. The molecule has 1 aliphatic rings. The highest BCUT2D eigenvalue weighted by Gasteiger charge is 2.22. The Morgan fingerprint density at radius 3 is 2.80 bits per heavy atom. The van der Waals surface area contributed by atoms with Crippen molar-refractivity contribution in [2.24, 2.45) is 0 Å². The zero-order valence-electron chi connectivity index (χ0n) is 11.4. The maximum Gasteiger partial charge on any atom is 0.371 e. The number of hydrogen-bond acceptors (Lipinski definition) is 4. The van der Waals surface area contributed by atoms with E-state index in [9.17, 15) is 9.59 Å². The van der Waals surface area contributed by atoms with Crippen molar-refractivity contribution in [3.63, 3.8) is 0 Å². The predicted octanol–water partition coefficient (Wildman–Crippen LogP) is 1.94. The van der Waals surface area contributed by atoms with E-state index in [0.717, 1.165) is 12.8 Å². The molecule has 0 unspecified atom stereocenters. The lowest BCUT2D eigenvalue weighted by Gasteiger charge is -2.10. The van der Waals surface area contributed by atoms with Gasteiger partial charge in [-0.3, -0.25) is 4.79 Å². The third kappa shape index (κ3) is 4.09. The van der Waals surface area contributed by atoms with Crippen LogP contribution in [0.5, 0.6) is 0 Å². The summed E-state index contributed by atoms with van der Waals surface area (Å²) in [4.78, 5) is 22.3. The molecule has 0 radical (unpaired) electrons. The first-order valence-electron chi connectivity index (χ1n) is 6.78. The van der Waals surface area contributed by atoms with Crippen LogP contribution < -0.4 is 5.32 Å². The molecule has 0 aromatic carbocycles. The minimum atomic E-state index is -1.12. The number of rotatable bonds is 6. The Kier molecular flexibility index (Phi) is 4.79. The number of aromatic carboxylic acids is 1. The SMILES string of the molecule is C[C@H]1CC[C@@H](CCC(=O)NCc2ccc(C(=O)O)o2)O1. The van der Waals surface area contributed by atoms with Crippen molar-refractivity contribution in [2.45, 2.75) is 51.4 Å². The van der Waals surface area contributed by atoms with Crippen LogP contribution in [0.15, 0.2) is 16.5 Å². The van der Waals surface area contributed by atoms with Gasteiger partial charge in [0.25, 0.3) is 0 Å². The van der Waals surface area contributed by atoms with Gasteiger partial charge in [0, 0.05) is 6.42 Å². The fourth-order valence-electron chi connectivity index (χ4n) is 2.25. The molecule has 1 saturated heterocycles. The minimum absolute atomic E-state index is 0.0820. The van der Waals surface area contributed by atoms with Crippen LogP contribution >= 0.6 is 0 Å². The number of ether oxygens (including phenoxy) is 1. The van der Waals surface area contributed by atoms with Crippen molar-refractivity contribution in [3.8, 4) is 0 Å². The van der Waals surface area contributed by atoms with Crippen molar-refractivity contribution in [3.05, 3.63) is 23.7 Å². The average Bonchev–Trinajstić information content (AvgIpc) is 3.03. The van der Waals surface area contributed by atoms with Gasteiger partial charge in [-0.2, -0.15) is 0 Å². The van der Waals surface area contributed by atoms with Gasteiger partial charge in [-0.1, -0.05) is 0 Å². The molecule has 2 rings (SSSR count). The first kappa shape index (κ1) is 14.6. The number of amides is 1. The molecule has 1 fully saturated rings. The first-order valence-corrected chi connectivity index (χ1v) is 6.78. The molecule has 1 aromatic rings. The Hall–Kier alpha value is -1.82. The number of carboxylic acids is 1. The zero-order valence-corrected chi connectivity index (χ0v) is 11.4. The maximum absolute atomic E-state index is 11.7. The van der Waals surface area contributed by atoms with E-state index in [4.69, 9.17) is 14.3 Å². The van der Waals surface area contributed by atoms with Gasteiger partial charge < -0.3 is 19.6 Å². The molecule has 6 nitrogen and oxygen atoms in total.